The van der Waals surface area contributed by atoms with Crippen LogP contribution in [0.2, 0.25) is 0 Å². The molecule has 0 aromatic rings. The van der Waals surface area contributed by atoms with Crippen molar-refractivity contribution in [2.24, 2.45) is 5.73 Å². The molecule has 0 saturated carbocycles. The SMILES string of the molecule is C[C@H]1O[C@H](CNCC(O)CCCN)[C@@H](O)[C@H](O)[C@H]1O. The largest absolute Gasteiger partial charge is 0.392 e. The van der Waals surface area contributed by atoms with Crippen LogP contribution in [0.5, 0.6) is 0 Å². The fourth-order valence-corrected chi connectivity index (χ4v) is 2.15. The van der Waals surface area contributed by atoms with E-state index in [-0.39, 0.29) is 0 Å². The topological polar surface area (TPSA) is 128 Å². The van der Waals surface area contributed by atoms with Crippen molar-refractivity contribution in [2.75, 3.05) is 19.6 Å². The Kier molecular flexibility index (Phi) is 7.16. The van der Waals surface area contributed by atoms with E-state index >= 15 is 0 Å². The first-order valence-electron chi connectivity index (χ1n) is 6.75. The van der Waals surface area contributed by atoms with Gasteiger partial charge in [-0.05, 0) is 26.3 Å². The first-order valence-corrected chi connectivity index (χ1v) is 6.75. The van der Waals surface area contributed by atoms with Crippen molar-refractivity contribution in [2.45, 2.75) is 56.4 Å². The molecule has 0 amide bonds. The van der Waals surface area contributed by atoms with Crippen LogP contribution in [-0.4, -0.2) is 76.7 Å². The van der Waals surface area contributed by atoms with E-state index in [4.69, 9.17) is 10.5 Å². The van der Waals surface area contributed by atoms with E-state index in [0.29, 0.717) is 26.1 Å². The molecule has 7 N–H and O–H groups in total. The average molecular weight is 278 g/mol. The van der Waals surface area contributed by atoms with Gasteiger partial charge < -0.3 is 36.2 Å². The van der Waals surface area contributed by atoms with Gasteiger partial charge in [-0.3, -0.25) is 0 Å². The molecule has 1 saturated heterocycles. The van der Waals surface area contributed by atoms with Crippen molar-refractivity contribution < 1.29 is 25.2 Å². The second kappa shape index (κ2) is 8.11. The van der Waals surface area contributed by atoms with E-state index < -0.39 is 36.6 Å². The molecule has 19 heavy (non-hydrogen) atoms. The van der Waals surface area contributed by atoms with Gasteiger partial charge in [-0.25, -0.2) is 0 Å². The standard InChI is InChI=1S/C12H26N2O5/c1-7-10(16)12(18)11(17)9(19-7)6-14-5-8(15)3-2-4-13/h7-12,14-18H,2-6,13H2,1H3/t7-,8?,9-,10+,11-,12-/m1/s1. The number of nitrogens with two attached hydrogens (primary N) is 1. The molecule has 0 aromatic heterocycles. The number of aliphatic hydroxyl groups is 4. The summed E-state index contributed by atoms with van der Waals surface area (Å²) >= 11 is 0. The summed E-state index contributed by atoms with van der Waals surface area (Å²) < 4.78 is 5.42. The van der Waals surface area contributed by atoms with Gasteiger partial charge in [0, 0.05) is 13.1 Å². The molecule has 114 valence electrons. The molecular formula is C12H26N2O5. The highest BCUT2D eigenvalue weighted by Crippen LogP contribution is 2.20. The summed E-state index contributed by atoms with van der Waals surface area (Å²) in [5, 5.41) is 41.5. The highest BCUT2D eigenvalue weighted by atomic mass is 16.5. The van der Waals surface area contributed by atoms with E-state index in [0.717, 1.165) is 6.42 Å². The molecular weight excluding hydrogens is 252 g/mol. The Morgan fingerprint density at radius 3 is 2.53 bits per heavy atom. The fraction of sp³-hybridized carbons (Fsp3) is 1.00. The zero-order chi connectivity index (χ0) is 14.4. The van der Waals surface area contributed by atoms with Gasteiger partial charge >= 0.3 is 0 Å². The number of hydrogen-bond donors (Lipinski definition) is 6. The molecule has 7 heteroatoms. The Labute approximate surface area is 113 Å². The quantitative estimate of drug-likeness (QED) is 0.305. The Morgan fingerprint density at radius 1 is 1.21 bits per heavy atom. The van der Waals surface area contributed by atoms with E-state index in [9.17, 15) is 20.4 Å². The Balaban J connectivity index is 2.28. The maximum atomic E-state index is 9.78. The minimum atomic E-state index is -1.21. The summed E-state index contributed by atoms with van der Waals surface area (Å²) in [6, 6.07) is 0. The number of nitrogens with one attached hydrogen (secondary N) is 1. The fourth-order valence-electron chi connectivity index (χ4n) is 2.15. The van der Waals surface area contributed by atoms with Crippen LogP contribution < -0.4 is 11.1 Å². The summed E-state index contributed by atoms with van der Waals surface area (Å²) in [5.74, 6) is 0. The summed E-state index contributed by atoms with van der Waals surface area (Å²) in [4.78, 5) is 0. The lowest BCUT2D eigenvalue weighted by molar-refractivity contribution is -0.215. The predicted molar refractivity (Wildman–Crippen MR) is 69.5 cm³/mol. The highest BCUT2D eigenvalue weighted by molar-refractivity contribution is 4.91. The lowest BCUT2D eigenvalue weighted by atomic mass is 9.95. The third-order valence-corrected chi connectivity index (χ3v) is 3.42. The minimum absolute atomic E-state index is 0.301. The van der Waals surface area contributed by atoms with Crippen LogP contribution in [0.3, 0.4) is 0 Å². The summed E-state index contributed by atoms with van der Waals surface area (Å²) in [6.45, 7) is 2.86. The van der Waals surface area contributed by atoms with Gasteiger partial charge in [0.05, 0.1) is 18.3 Å². The third kappa shape index (κ3) is 4.96. The molecule has 7 nitrogen and oxygen atoms in total. The number of ether oxygens (including phenoxy) is 1. The van der Waals surface area contributed by atoms with Crippen LogP contribution >= 0.6 is 0 Å². The summed E-state index contributed by atoms with van der Waals surface area (Å²) in [7, 11) is 0. The van der Waals surface area contributed by atoms with Crippen molar-refractivity contribution in [3.05, 3.63) is 0 Å². The van der Waals surface area contributed by atoms with Crippen molar-refractivity contribution in [3.8, 4) is 0 Å². The molecule has 1 rings (SSSR count). The third-order valence-electron chi connectivity index (χ3n) is 3.42. The van der Waals surface area contributed by atoms with Crippen molar-refractivity contribution in [3.63, 3.8) is 0 Å². The van der Waals surface area contributed by atoms with Gasteiger partial charge in [0.25, 0.3) is 0 Å². The second-order valence-corrected chi connectivity index (χ2v) is 5.09. The molecule has 0 aliphatic carbocycles. The van der Waals surface area contributed by atoms with Crippen LogP contribution in [0.1, 0.15) is 19.8 Å². The molecule has 1 aliphatic rings. The molecule has 0 spiro atoms. The Morgan fingerprint density at radius 2 is 1.89 bits per heavy atom. The summed E-state index contributed by atoms with van der Waals surface area (Å²) in [6.07, 6.45) is -3.68. The smallest absolute Gasteiger partial charge is 0.111 e. The van der Waals surface area contributed by atoms with Gasteiger partial charge in [0.15, 0.2) is 0 Å². The monoisotopic (exact) mass is 278 g/mol. The first-order chi connectivity index (χ1) is 8.97. The molecule has 0 bridgehead atoms. The van der Waals surface area contributed by atoms with Gasteiger partial charge in [-0.15, -0.1) is 0 Å². The highest BCUT2D eigenvalue weighted by Gasteiger charge is 2.41. The van der Waals surface area contributed by atoms with Crippen LogP contribution in [0, 0.1) is 0 Å². The summed E-state index contributed by atoms with van der Waals surface area (Å²) in [5.41, 5.74) is 5.35. The molecule has 0 radical (unpaired) electrons. The molecule has 1 heterocycles. The lowest BCUT2D eigenvalue weighted by Crippen LogP contribution is -2.59. The van der Waals surface area contributed by atoms with Crippen LogP contribution in [0.15, 0.2) is 0 Å². The molecule has 6 atom stereocenters. The molecule has 1 aliphatic heterocycles. The van der Waals surface area contributed by atoms with Crippen molar-refractivity contribution >= 4 is 0 Å². The van der Waals surface area contributed by atoms with Gasteiger partial charge in [-0.2, -0.15) is 0 Å². The normalized spacial score (nSPS) is 37.3. The van der Waals surface area contributed by atoms with Crippen LogP contribution in [-0.2, 0) is 4.74 Å². The van der Waals surface area contributed by atoms with Crippen LogP contribution in [0.25, 0.3) is 0 Å². The van der Waals surface area contributed by atoms with Crippen molar-refractivity contribution in [1.82, 2.24) is 5.32 Å². The maximum Gasteiger partial charge on any atom is 0.111 e. The number of aliphatic hydroxyl groups excluding tert-OH is 4. The first kappa shape index (κ1) is 16.8. The predicted octanol–water partition coefficient (Wildman–Crippen LogP) is -2.45. The number of rotatable bonds is 7. The van der Waals surface area contributed by atoms with E-state index in [1.54, 1.807) is 6.92 Å². The van der Waals surface area contributed by atoms with E-state index in [1.807, 2.05) is 0 Å². The molecule has 1 fully saturated rings. The van der Waals surface area contributed by atoms with Crippen molar-refractivity contribution in [1.29, 1.82) is 0 Å². The van der Waals surface area contributed by atoms with Gasteiger partial charge in [0.1, 0.15) is 18.3 Å². The zero-order valence-electron chi connectivity index (χ0n) is 11.3. The lowest BCUT2D eigenvalue weighted by Gasteiger charge is -2.39. The molecule has 1 unspecified atom stereocenters. The van der Waals surface area contributed by atoms with E-state index in [2.05, 4.69) is 5.32 Å². The molecule has 0 aromatic carbocycles. The van der Waals surface area contributed by atoms with Crippen LogP contribution in [0.4, 0.5) is 0 Å². The Bertz CT molecular complexity index is 256. The number of hydrogen-bond acceptors (Lipinski definition) is 7. The second-order valence-electron chi connectivity index (χ2n) is 5.09. The van der Waals surface area contributed by atoms with Gasteiger partial charge in [-0.1, -0.05) is 0 Å². The zero-order valence-corrected chi connectivity index (χ0v) is 11.3. The Hall–Kier alpha value is -0.280. The maximum absolute atomic E-state index is 9.78. The van der Waals surface area contributed by atoms with E-state index in [1.165, 1.54) is 0 Å². The average Bonchev–Trinajstić information content (AvgIpc) is 2.39. The minimum Gasteiger partial charge on any atom is -0.392 e. The van der Waals surface area contributed by atoms with Gasteiger partial charge in [0.2, 0.25) is 0 Å².